The molecule has 1 aromatic carbocycles. The largest absolute Gasteiger partial charge is 0.497 e. The van der Waals surface area contributed by atoms with Crippen molar-refractivity contribution in [2.24, 2.45) is 5.92 Å². The first-order valence-corrected chi connectivity index (χ1v) is 6.17. The molecule has 1 aliphatic heterocycles. The van der Waals surface area contributed by atoms with Crippen LogP contribution in [0.4, 0.5) is 0 Å². The number of benzene rings is 1. The minimum Gasteiger partial charge on any atom is -0.497 e. The Bertz CT molecular complexity index is 425. The lowest BCUT2D eigenvalue weighted by Crippen LogP contribution is -2.39. The van der Waals surface area contributed by atoms with E-state index < -0.39 is 0 Å². The fourth-order valence-corrected chi connectivity index (χ4v) is 2.44. The number of ether oxygens (including phenoxy) is 2. The normalized spacial score (nSPS) is 22.2. The van der Waals surface area contributed by atoms with Crippen molar-refractivity contribution in [3.8, 4) is 5.75 Å². The minimum absolute atomic E-state index is 0. The van der Waals surface area contributed by atoms with Gasteiger partial charge in [0.15, 0.2) is 0 Å². The molecule has 1 aromatic rings. The molecule has 1 heterocycles. The van der Waals surface area contributed by atoms with E-state index in [1.165, 1.54) is 12.7 Å². The molecule has 2 atom stereocenters. The van der Waals surface area contributed by atoms with Gasteiger partial charge in [-0.2, -0.15) is 0 Å². The predicted octanol–water partition coefficient (Wildman–Crippen LogP) is 1.98. The summed E-state index contributed by atoms with van der Waals surface area (Å²) >= 11 is 0. The Morgan fingerprint density at radius 3 is 2.79 bits per heavy atom. The van der Waals surface area contributed by atoms with Crippen LogP contribution in [0.3, 0.4) is 0 Å². The van der Waals surface area contributed by atoms with E-state index in [0.29, 0.717) is 12.5 Å². The van der Waals surface area contributed by atoms with Crippen LogP contribution >= 0.6 is 12.4 Å². The van der Waals surface area contributed by atoms with Crippen molar-refractivity contribution in [1.82, 2.24) is 5.32 Å². The van der Waals surface area contributed by atoms with E-state index in [1.807, 2.05) is 18.2 Å². The van der Waals surface area contributed by atoms with Crippen molar-refractivity contribution in [2.75, 3.05) is 27.3 Å². The SMILES string of the molecule is COC(=O)C1CNCC(c2cccc(OC)c2)C1.Cl. The maximum atomic E-state index is 11.6. The lowest BCUT2D eigenvalue weighted by molar-refractivity contribution is -0.146. The number of piperidine rings is 1. The van der Waals surface area contributed by atoms with Gasteiger partial charge in [-0.05, 0) is 30.0 Å². The van der Waals surface area contributed by atoms with E-state index >= 15 is 0 Å². The number of nitrogens with one attached hydrogen (secondary N) is 1. The van der Waals surface area contributed by atoms with E-state index in [-0.39, 0.29) is 24.3 Å². The van der Waals surface area contributed by atoms with Gasteiger partial charge in [-0.25, -0.2) is 0 Å². The van der Waals surface area contributed by atoms with Crippen LogP contribution in [0.2, 0.25) is 0 Å². The van der Waals surface area contributed by atoms with Gasteiger partial charge in [0.2, 0.25) is 0 Å². The molecule has 0 spiro atoms. The van der Waals surface area contributed by atoms with Gasteiger partial charge in [-0.3, -0.25) is 4.79 Å². The van der Waals surface area contributed by atoms with Crippen molar-refractivity contribution < 1.29 is 14.3 Å². The van der Waals surface area contributed by atoms with Gasteiger partial charge in [0.1, 0.15) is 5.75 Å². The van der Waals surface area contributed by atoms with Crippen LogP contribution in [0.5, 0.6) is 5.75 Å². The number of hydrogen-bond acceptors (Lipinski definition) is 4. The average Bonchev–Trinajstić information content (AvgIpc) is 2.46. The number of methoxy groups -OCH3 is 2. The lowest BCUT2D eigenvalue weighted by Gasteiger charge is -2.28. The van der Waals surface area contributed by atoms with Crippen molar-refractivity contribution in [1.29, 1.82) is 0 Å². The molecule has 5 heteroatoms. The molecule has 0 aromatic heterocycles. The topological polar surface area (TPSA) is 47.6 Å². The van der Waals surface area contributed by atoms with E-state index in [4.69, 9.17) is 9.47 Å². The zero-order valence-corrected chi connectivity index (χ0v) is 12.0. The maximum Gasteiger partial charge on any atom is 0.309 e. The van der Waals surface area contributed by atoms with Crippen LogP contribution in [0.1, 0.15) is 17.9 Å². The summed E-state index contributed by atoms with van der Waals surface area (Å²) in [7, 11) is 3.10. The summed E-state index contributed by atoms with van der Waals surface area (Å²) in [4.78, 5) is 11.6. The molecule has 106 valence electrons. The zero-order valence-electron chi connectivity index (χ0n) is 11.2. The van der Waals surface area contributed by atoms with Crippen LogP contribution in [-0.2, 0) is 9.53 Å². The summed E-state index contributed by atoms with van der Waals surface area (Å²) in [5.41, 5.74) is 1.20. The third-order valence-corrected chi connectivity index (χ3v) is 3.45. The number of rotatable bonds is 3. The van der Waals surface area contributed by atoms with Crippen LogP contribution in [0.25, 0.3) is 0 Å². The number of esters is 1. The summed E-state index contributed by atoms with van der Waals surface area (Å²) in [6, 6.07) is 8.02. The number of hydrogen-bond donors (Lipinski definition) is 1. The lowest BCUT2D eigenvalue weighted by atomic mass is 9.85. The van der Waals surface area contributed by atoms with E-state index in [9.17, 15) is 4.79 Å². The van der Waals surface area contributed by atoms with Gasteiger partial charge in [-0.15, -0.1) is 12.4 Å². The van der Waals surface area contributed by atoms with Crippen LogP contribution in [-0.4, -0.2) is 33.3 Å². The summed E-state index contributed by atoms with van der Waals surface area (Å²) in [6.45, 7) is 1.59. The fourth-order valence-electron chi connectivity index (χ4n) is 2.44. The average molecular weight is 286 g/mol. The number of carbonyl (C=O) groups excluding carboxylic acids is 1. The van der Waals surface area contributed by atoms with Crippen molar-refractivity contribution in [3.05, 3.63) is 29.8 Å². The molecule has 1 saturated heterocycles. The summed E-state index contributed by atoms with van der Waals surface area (Å²) < 4.78 is 10.0. The molecule has 0 saturated carbocycles. The first-order valence-electron chi connectivity index (χ1n) is 6.17. The van der Waals surface area contributed by atoms with Gasteiger partial charge in [0.05, 0.1) is 20.1 Å². The third-order valence-electron chi connectivity index (χ3n) is 3.45. The summed E-state index contributed by atoms with van der Waals surface area (Å²) in [5, 5.41) is 3.29. The predicted molar refractivity (Wildman–Crippen MR) is 76.0 cm³/mol. The molecule has 19 heavy (non-hydrogen) atoms. The Kier molecular flexibility index (Phi) is 6.12. The molecule has 1 N–H and O–H groups in total. The molecule has 1 aliphatic rings. The second kappa shape index (κ2) is 7.36. The Labute approximate surface area is 119 Å². The summed E-state index contributed by atoms with van der Waals surface area (Å²) in [5.74, 6) is 1.00. The smallest absolute Gasteiger partial charge is 0.309 e. The number of carbonyl (C=O) groups is 1. The Morgan fingerprint density at radius 2 is 2.11 bits per heavy atom. The highest BCUT2D eigenvalue weighted by Gasteiger charge is 2.28. The second-order valence-corrected chi connectivity index (χ2v) is 4.59. The molecule has 0 amide bonds. The minimum atomic E-state index is -0.130. The van der Waals surface area contributed by atoms with Crippen LogP contribution in [0.15, 0.2) is 24.3 Å². The molecule has 0 radical (unpaired) electrons. The van der Waals surface area contributed by atoms with E-state index in [2.05, 4.69) is 11.4 Å². The molecular weight excluding hydrogens is 266 g/mol. The van der Waals surface area contributed by atoms with Gasteiger partial charge in [-0.1, -0.05) is 12.1 Å². The molecule has 0 bridgehead atoms. The monoisotopic (exact) mass is 285 g/mol. The van der Waals surface area contributed by atoms with Gasteiger partial charge >= 0.3 is 5.97 Å². The third kappa shape index (κ3) is 3.85. The Balaban J connectivity index is 0.00000180. The highest BCUT2D eigenvalue weighted by Crippen LogP contribution is 2.29. The van der Waals surface area contributed by atoms with Gasteiger partial charge in [0.25, 0.3) is 0 Å². The Morgan fingerprint density at radius 1 is 1.32 bits per heavy atom. The van der Waals surface area contributed by atoms with Crippen molar-refractivity contribution >= 4 is 18.4 Å². The van der Waals surface area contributed by atoms with Gasteiger partial charge < -0.3 is 14.8 Å². The Hall–Kier alpha value is -1.26. The molecular formula is C14H20ClNO3. The van der Waals surface area contributed by atoms with Crippen molar-refractivity contribution in [3.63, 3.8) is 0 Å². The molecule has 0 aliphatic carbocycles. The molecule has 1 fully saturated rings. The van der Waals surface area contributed by atoms with Crippen LogP contribution < -0.4 is 10.1 Å². The molecule has 2 unspecified atom stereocenters. The molecule has 4 nitrogen and oxygen atoms in total. The quantitative estimate of drug-likeness (QED) is 0.863. The zero-order chi connectivity index (χ0) is 13.0. The van der Waals surface area contributed by atoms with Crippen molar-refractivity contribution in [2.45, 2.75) is 12.3 Å². The number of halogens is 1. The first-order chi connectivity index (χ1) is 8.74. The highest BCUT2D eigenvalue weighted by atomic mass is 35.5. The van der Waals surface area contributed by atoms with E-state index in [0.717, 1.165) is 18.7 Å². The fraction of sp³-hybridized carbons (Fsp3) is 0.500. The second-order valence-electron chi connectivity index (χ2n) is 4.59. The standard InChI is InChI=1S/C14H19NO3.ClH/c1-17-13-5-3-4-10(7-13)11-6-12(9-15-8-11)14(16)18-2;/h3-5,7,11-12,15H,6,8-9H2,1-2H3;1H. The first kappa shape index (κ1) is 15.8. The maximum absolute atomic E-state index is 11.6. The highest BCUT2D eigenvalue weighted by molar-refractivity contribution is 5.85. The molecule has 2 rings (SSSR count). The van der Waals surface area contributed by atoms with Gasteiger partial charge in [0, 0.05) is 13.1 Å². The van der Waals surface area contributed by atoms with E-state index in [1.54, 1.807) is 7.11 Å². The van der Waals surface area contributed by atoms with Crippen LogP contribution in [0, 0.1) is 5.92 Å². The summed E-state index contributed by atoms with van der Waals surface area (Å²) in [6.07, 6.45) is 0.826.